The van der Waals surface area contributed by atoms with Crippen molar-refractivity contribution in [3.63, 3.8) is 0 Å². The summed E-state index contributed by atoms with van der Waals surface area (Å²) in [5, 5.41) is 9.58. The number of hydrogen-bond donors (Lipinski definition) is 1. The molecule has 0 spiro atoms. The Labute approximate surface area is 123 Å². The Bertz CT molecular complexity index is 326. The monoisotopic (exact) mass is 282 g/mol. The fourth-order valence-electron chi connectivity index (χ4n) is 3.92. The average molecular weight is 282 g/mol. The Morgan fingerprint density at radius 1 is 1.25 bits per heavy atom. The molecule has 116 valence electrons. The zero-order chi connectivity index (χ0) is 14.6. The van der Waals surface area contributed by atoms with Crippen LogP contribution in [-0.4, -0.2) is 59.6 Å². The lowest BCUT2D eigenvalue weighted by Gasteiger charge is -2.45. The van der Waals surface area contributed by atoms with Gasteiger partial charge in [0.15, 0.2) is 0 Å². The number of carbonyl (C=O) groups is 1. The molecule has 4 heteroatoms. The number of aliphatic carboxylic acids is 1. The number of nitrogens with zero attached hydrogens (tertiary/aromatic N) is 2. The van der Waals surface area contributed by atoms with Crippen LogP contribution in [0.25, 0.3) is 0 Å². The zero-order valence-electron chi connectivity index (χ0n) is 13.1. The van der Waals surface area contributed by atoms with E-state index >= 15 is 0 Å². The standard InChI is InChI=1S/C16H30N2O2/c1-3-9-17-11-6-14(7-12-17)18-10-5-8-16(4-2,13-18)15(19)20/h14H,3-13H2,1-2H3,(H,19,20). The maximum Gasteiger partial charge on any atom is 0.310 e. The quantitative estimate of drug-likeness (QED) is 0.841. The number of carboxylic acids is 1. The summed E-state index contributed by atoms with van der Waals surface area (Å²) >= 11 is 0. The van der Waals surface area contributed by atoms with Crippen molar-refractivity contribution in [2.24, 2.45) is 5.41 Å². The van der Waals surface area contributed by atoms with Gasteiger partial charge in [0.2, 0.25) is 0 Å². The predicted octanol–water partition coefficient (Wildman–Crippen LogP) is 2.44. The summed E-state index contributed by atoms with van der Waals surface area (Å²) in [6, 6.07) is 0.605. The molecule has 0 aromatic rings. The molecule has 0 bridgehead atoms. The highest BCUT2D eigenvalue weighted by Crippen LogP contribution is 2.35. The molecular weight excluding hydrogens is 252 g/mol. The van der Waals surface area contributed by atoms with Gasteiger partial charge in [0, 0.05) is 12.6 Å². The number of hydrogen-bond acceptors (Lipinski definition) is 3. The second-order valence-corrected chi connectivity index (χ2v) is 6.59. The molecule has 0 aromatic heterocycles. The number of carboxylic acid groups (broad SMARTS) is 1. The fourth-order valence-corrected chi connectivity index (χ4v) is 3.92. The highest BCUT2D eigenvalue weighted by Gasteiger charge is 2.42. The van der Waals surface area contributed by atoms with Gasteiger partial charge in [-0.2, -0.15) is 0 Å². The van der Waals surface area contributed by atoms with Crippen LogP contribution in [0.15, 0.2) is 0 Å². The zero-order valence-corrected chi connectivity index (χ0v) is 13.1. The number of likely N-dealkylation sites (tertiary alicyclic amines) is 2. The fraction of sp³-hybridized carbons (Fsp3) is 0.938. The lowest BCUT2D eigenvalue weighted by molar-refractivity contribution is -0.153. The van der Waals surface area contributed by atoms with Crippen molar-refractivity contribution < 1.29 is 9.90 Å². The molecule has 1 unspecified atom stereocenters. The molecule has 1 atom stereocenters. The second-order valence-electron chi connectivity index (χ2n) is 6.59. The normalized spacial score (nSPS) is 30.5. The molecule has 2 rings (SSSR count). The van der Waals surface area contributed by atoms with Gasteiger partial charge >= 0.3 is 5.97 Å². The minimum atomic E-state index is -0.590. The van der Waals surface area contributed by atoms with Crippen molar-refractivity contribution in [1.82, 2.24) is 9.80 Å². The van der Waals surface area contributed by atoms with Crippen LogP contribution in [0.2, 0.25) is 0 Å². The van der Waals surface area contributed by atoms with Crippen LogP contribution in [0.3, 0.4) is 0 Å². The second kappa shape index (κ2) is 6.90. The van der Waals surface area contributed by atoms with E-state index in [9.17, 15) is 9.90 Å². The summed E-state index contributed by atoms with van der Waals surface area (Å²) in [5.41, 5.74) is -0.487. The van der Waals surface area contributed by atoms with E-state index in [4.69, 9.17) is 0 Å². The van der Waals surface area contributed by atoms with Crippen molar-refractivity contribution in [2.75, 3.05) is 32.7 Å². The van der Waals surface area contributed by atoms with E-state index in [0.29, 0.717) is 6.04 Å². The van der Waals surface area contributed by atoms with Gasteiger partial charge in [0.1, 0.15) is 0 Å². The Kier molecular flexibility index (Phi) is 5.44. The molecule has 0 aliphatic carbocycles. The molecule has 1 N–H and O–H groups in total. The third-order valence-electron chi connectivity index (χ3n) is 5.35. The summed E-state index contributed by atoms with van der Waals surface area (Å²) < 4.78 is 0. The lowest BCUT2D eigenvalue weighted by atomic mass is 9.77. The van der Waals surface area contributed by atoms with Gasteiger partial charge < -0.3 is 10.0 Å². The molecule has 4 nitrogen and oxygen atoms in total. The topological polar surface area (TPSA) is 43.8 Å². The maximum atomic E-state index is 11.6. The smallest absolute Gasteiger partial charge is 0.310 e. The van der Waals surface area contributed by atoms with Crippen LogP contribution in [0, 0.1) is 5.41 Å². The Balaban J connectivity index is 1.91. The Hall–Kier alpha value is -0.610. The molecule has 2 saturated heterocycles. The first-order valence-electron chi connectivity index (χ1n) is 8.31. The molecule has 0 aromatic carbocycles. The molecule has 2 aliphatic rings. The van der Waals surface area contributed by atoms with Crippen molar-refractivity contribution in [1.29, 1.82) is 0 Å². The third-order valence-corrected chi connectivity index (χ3v) is 5.35. The summed E-state index contributed by atoms with van der Waals surface area (Å²) in [4.78, 5) is 16.7. The van der Waals surface area contributed by atoms with Gasteiger partial charge in [-0.05, 0) is 64.7 Å². The molecule has 2 fully saturated rings. The van der Waals surface area contributed by atoms with Crippen LogP contribution in [0.1, 0.15) is 52.4 Å². The molecule has 20 heavy (non-hydrogen) atoms. The van der Waals surface area contributed by atoms with E-state index < -0.39 is 11.4 Å². The van der Waals surface area contributed by atoms with E-state index in [1.54, 1.807) is 0 Å². The summed E-state index contributed by atoms with van der Waals surface area (Å²) in [6.45, 7) is 9.69. The minimum absolute atomic E-state index is 0.487. The first-order valence-corrected chi connectivity index (χ1v) is 8.31. The van der Waals surface area contributed by atoms with Crippen LogP contribution < -0.4 is 0 Å². The lowest BCUT2D eigenvalue weighted by Crippen LogP contribution is -2.53. The van der Waals surface area contributed by atoms with Crippen molar-refractivity contribution in [2.45, 2.75) is 58.4 Å². The van der Waals surface area contributed by atoms with E-state index in [-0.39, 0.29) is 0 Å². The van der Waals surface area contributed by atoms with Gasteiger partial charge in [-0.15, -0.1) is 0 Å². The molecule has 0 amide bonds. The van der Waals surface area contributed by atoms with Gasteiger partial charge in [0.05, 0.1) is 5.41 Å². The van der Waals surface area contributed by atoms with Crippen molar-refractivity contribution >= 4 is 5.97 Å². The van der Waals surface area contributed by atoms with Crippen molar-refractivity contribution in [3.8, 4) is 0 Å². The highest BCUT2D eigenvalue weighted by molar-refractivity contribution is 5.75. The summed E-state index contributed by atoms with van der Waals surface area (Å²) in [7, 11) is 0. The van der Waals surface area contributed by atoms with Crippen LogP contribution in [0.4, 0.5) is 0 Å². The van der Waals surface area contributed by atoms with Crippen LogP contribution in [0.5, 0.6) is 0 Å². The largest absolute Gasteiger partial charge is 0.481 e. The van der Waals surface area contributed by atoms with E-state index in [2.05, 4.69) is 16.7 Å². The molecule has 2 aliphatic heterocycles. The average Bonchev–Trinajstić information content (AvgIpc) is 2.48. The highest BCUT2D eigenvalue weighted by atomic mass is 16.4. The SMILES string of the molecule is CCCN1CCC(N2CCCC(CC)(C(=O)O)C2)CC1. The van der Waals surface area contributed by atoms with E-state index in [1.165, 1.54) is 38.9 Å². The Morgan fingerprint density at radius 3 is 2.50 bits per heavy atom. The van der Waals surface area contributed by atoms with E-state index in [1.807, 2.05) is 6.92 Å². The van der Waals surface area contributed by atoms with Gasteiger partial charge in [0.25, 0.3) is 0 Å². The third kappa shape index (κ3) is 3.34. The summed E-state index contributed by atoms with van der Waals surface area (Å²) in [6.07, 6.45) is 6.29. The van der Waals surface area contributed by atoms with Gasteiger partial charge in [-0.3, -0.25) is 9.69 Å². The van der Waals surface area contributed by atoms with Crippen LogP contribution in [-0.2, 0) is 4.79 Å². The molecule has 2 heterocycles. The maximum absolute atomic E-state index is 11.6. The minimum Gasteiger partial charge on any atom is -0.481 e. The summed E-state index contributed by atoms with van der Waals surface area (Å²) in [5.74, 6) is -0.590. The molecule has 0 radical (unpaired) electrons. The first-order chi connectivity index (χ1) is 9.61. The van der Waals surface area contributed by atoms with Gasteiger partial charge in [-0.25, -0.2) is 0 Å². The molecule has 0 saturated carbocycles. The van der Waals surface area contributed by atoms with Gasteiger partial charge in [-0.1, -0.05) is 13.8 Å². The Morgan fingerprint density at radius 2 is 1.95 bits per heavy atom. The van der Waals surface area contributed by atoms with E-state index in [0.717, 1.165) is 32.4 Å². The number of rotatable bonds is 5. The molecular formula is C16H30N2O2. The van der Waals surface area contributed by atoms with Crippen molar-refractivity contribution in [3.05, 3.63) is 0 Å². The predicted molar refractivity (Wildman–Crippen MR) is 80.9 cm³/mol. The number of piperidine rings is 2. The van der Waals surface area contributed by atoms with Crippen LogP contribution >= 0.6 is 0 Å². The first kappa shape index (κ1) is 15.8.